The molecule has 2 aromatic rings. The Balaban J connectivity index is 1.86. The van der Waals surface area contributed by atoms with E-state index in [1.54, 1.807) is 12.1 Å². The predicted molar refractivity (Wildman–Crippen MR) is 76.6 cm³/mol. The van der Waals surface area contributed by atoms with Crippen LogP contribution in [0.25, 0.3) is 0 Å². The van der Waals surface area contributed by atoms with Gasteiger partial charge in [-0.2, -0.15) is 0 Å². The van der Waals surface area contributed by atoms with Crippen LogP contribution < -0.4 is 5.32 Å². The van der Waals surface area contributed by atoms with Crippen molar-refractivity contribution in [3.8, 4) is 0 Å². The summed E-state index contributed by atoms with van der Waals surface area (Å²) in [5.74, 6) is -0.258. The molecular formula is C15H13BrFNO. The zero-order valence-electron chi connectivity index (χ0n) is 10.2. The molecule has 0 aromatic heterocycles. The Labute approximate surface area is 119 Å². The van der Waals surface area contributed by atoms with E-state index in [0.717, 1.165) is 5.69 Å². The molecule has 98 valence electrons. The van der Waals surface area contributed by atoms with Crippen molar-refractivity contribution in [3.05, 3.63) is 63.9 Å². The Kier molecular flexibility index (Phi) is 3.53. The lowest BCUT2D eigenvalue weighted by atomic mass is 9.99. The summed E-state index contributed by atoms with van der Waals surface area (Å²) < 4.78 is 19.3. The van der Waals surface area contributed by atoms with E-state index in [1.807, 2.05) is 12.1 Å². The number of nitrogens with one attached hydrogen (secondary N) is 1. The highest BCUT2D eigenvalue weighted by molar-refractivity contribution is 9.10. The van der Waals surface area contributed by atoms with Crippen molar-refractivity contribution in [2.45, 2.75) is 12.6 Å². The molecule has 1 aliphatic rings. The first-order valence-electron chi connectivity index (χ1n) is 6.11. The van der Waals surface area contributed by atoms with Crippen LogP contribution in [0.15, 0.2) is 46.9 Å². The summed E-state index contributed by atoms with van der Waals surface area (Å²) in [7, 11) is 0. The standard InChI is InChI=1S/C15H13BrFNO/c16-13-7-11(5-6-14(13)17)18-15-9-19-8-10-3-1-2-4-12(10)15/h1-7,15,18H,8-9H2. The minimum Gasteiger partial charge on any atom is -0.376 e. The molecule has 19 heavy (non-hydrogen) atoms. The monoisotopic (exact) mass is 321 g/mol. The Morgan fingerprint density at radius 3 is 2.89 bits per heavy atom. The number of benzene rings is 2. The molecule has 0 spiro atoms. The smallest absolute Gasteiger partial charge is 0.137 e. The molecule has 0 saturated heterocycles. The average molecular weight is 322 g/mol. The summed E-state index contributed by atoms with van der Waals surface area (Å²) >= 11 is 3.20. The van der Waals surface area contributed by atoms with Crippen LogP contribution >= 0.6 is 15.9 Å². The molecule has 0 radical (unpaired) electrons. The molecule has 2 nitrogen and oxygen atoms in total. The maximum atomic E-state index is 13.2. The second-order valence-electron chi connectivity index (χ2n) is 4.54. The van der Waals surface area contributed by atoms with Crippen LogP contribution in [0.2, 0.25) is 0 Å². The summed E-state index contributed by atoms with van der Waals surface area (Å²) in [5.41, 5.74) is 3.32. The second-order valence-corrected chi connectivity index (χ2v) is 5.39. The van der Waals surface area contributed by atoms with E-state index < -0.39 is 0 Å². The molecule has 0 fully saturated rings. The van der Waals surface area contributed by atoms with E-state index in [-0.39, 0.29) is 11.9 Å². The van der Waals surface area contributed by atoms with E-state index in [1.165, 1.54) is 17.2 Å². The second kappa shape index (κ2) is 5.31. The zero-order valence-corrected chi connectivity index (χ0v) is 11.8. The van der Waals surface area contributed by atoms with Crippen molar-refractivity contribution in [3.63, 3.8) is 0 Å². The first-order chi connectivity index (χ1) is 9.24. The Morgan fingerprint density at radius 1 is 1.21 bits per heavy atom. The number of ether oxygens (including phenoxy) is 1. The van der Waals surface area contributed by atoms with E-state index in [2.05, 4.69) is 33.4 Å². The fraction of sp³-hybridized carbons (Fsp3) is 0.200. The topological polar surface area (TPSA) is 21.3 Å². The fourth-order valence-electron chi connectivity index (χ4n) is 2.29. The first-order valence-corrected chi connectivity index (χ1v) is 6.90. The summed E-state index contributed by atoms with van der Waals surface area (Å²) in [6.07, 6.45) is 0. The molecule has 1 unspecified atom stereocenters. The Bertz CT molecular complexity index is 602. The summed E-state index contributed by atoms with van der Waals surface area (Å²) in [5, 5.41) is 3.38. The van der Waals surface area contributed by atoms with E-state index in [9.17, 15) is 4.39 Å². The number of hydrogen-bond donors (Lipinski definition) is 1. The summed E-state index contributed by atoms with van der Waals surface area (Å²) in [4.78, 5) is 0. The molecule has 0 aliphatic carbocycles. The highest BCUT2D eigenvalue weighted by Crippen LogP contribution is 2.29. The van der Waals surface area contributed by atoms with Crippen LogP contribution in [-0.2, 0) is 11.3 Å². The van der Waals surface area contributed by atoms with Gasteiger partial charge in [0.15, 0.2) is 0 Å². The van der Waals surface area contributed by atoms with Gasteiger partial charge in [0.2, 0.25) is 0 Å². The minimum absolute atomic E-state index is 0.0994. The number of halogens is 2. The van der Waals surface area contributed by atoms with Crippen LogP contribution in [0.1, 0.15) is 17.2 Å². The minimum atomic E-state index is -0.258. The van der Waals surface area contributed by atoms with Crippen molar-refractivity contribution in [1.29, 1.82) is 0 Å². The van der Waals surface area contributed by atoms with Gasteiger partial charge in [0.25, 0.3) is 0 Å². The first kappa shape index (κ1) is 12.6. The molecule has 4 heteroatoms. The summed E-state index contributed by atoms with van der Waals surface area (Å²) in [6.45, 7) is 1.27. The van der Waals surface area contributed by atoms with Gasteiger partial charge in [-0.25, -0.2) is 4.39 Å². The van der Waals surface area contributed by atoms with Gasteiger partial charge in [0, 0.05) is 5.69 Å². The van der Waals surface area contributed by atoms with Crippen molar-refractivity contribution in [1.82, 2.24) is 0 Å². The SMILES string of the molecule is Fc1ccc(NC2COCc3ccccc32)cc1Br. The van der Waals surface area contributed by atoms with E-state index >= 15 is 0 Å². The van der Waals surface area contributed by atoms with Gasteiger partial charge in [-0.3, -0.25) is 0 Å². The van der Waals surface area contributed by atoms with Crippen LogP contribution in [-0.4, -0.2) is 6.61 Å². The lowest BCUT2D eigenvalue weighted by molar-refractivity contribution is 0.0970. The molecule has 1 N–H and O–H groups in total. The van der Waals surface area contributed by atoms with Gasteiger partial charge < -0.3 is 10.1 Å². The molecule has 3 rings (SSSR count). The van der Waals surface area contributed by atoms with Crippen molar-refractivity contribution in [2.75, 3.05) is 11.9 Å². The normalized spacial score (nSPS) is 17.9. The Morgan fingerprint density at radius 2 is 2.05 bits per heavy atom. The molecule has 0 saturated carbocycles. The third kappa shape index (κ3) is 2.65. The van der Waals surface area contributed by atoms with Crippen LogP contribution in [0.5, 0.6) is 0 Å². The molecule has 1 aliphatic heterocycles. The number of hydrogen-bond acceptors (Lipinski definition) is 2. The number of anilines is 1. The lowest BCUT2D eigenvalue weighted by Gasteiger charge is -2.27. The van der Waals surface area contributed by atoms with Gasteiger partial charge in [-0.1, -0.05) is 24.3 Å². The van der Waals surface area contributed by atoms with Gasteiger partial charge in [0.1, 0.15) is 5.82 Å². The summed E-state index contributed by atoms with van der Waals surface area (Å²) in [6, 6.07) is 13.2. The largest absolute Gasteiger partial charge is 0.376 e. The lowest BCUT2D eigenvalue weighted by Crippen LogP contribution is -2.23. The van der Waals surface area contributed by atoms with E-state index in [0.29, 0.717) is 17.7 Å². The third-order valence-electron chi connectivity index (χ3n) is 3.23. The quantitative estimate of drug-likeness (QED) is 0.891. The highest BCUT2D eigenvalue weighted by Gasteiger charge is 2.20. The van der Waals surface area contributed by atoms with Crippen molar-refractivity contribution in [2.24, 2.45) is 0 Å². The van der Waals surface area contributed by atoms with Gasteiger partial charge in [-0.05, 0) is 45.3 Å². The van der Waals surface area contributed by atoms with Gasteiger partial charge in [-0.15, -0.1) is 0 Å². The van der Waals surface area contributed by atoms with Crippen LogP contribution in [0.4, 0.5) is 10.1 Å². The maximum Gasteiger partial charge on any atom is 0.137 e. The Hall–Kier alpha value is -1.39. The van der Waals surface area contributed by atoms with Crippen LogP contribution in [0.3, 0.4) is 0 Å². The average Bonchev–Trinajstić information content (AvgIpc) is 2.43. The molecule has 2 aromatic carbocycles. The van der Waals surface area contributed by atoms with Gasteiger partial charge in [0.05, 0.1) is 23.7 Å². The van der Waals surface area contributed by atoms with Crippen molar-refractivity contribution < 1.29 is 9.13 Å². The molecule has 0 bridgehead atoms. The van der Waals surface area contributed by atoms with Gasteiger partial charge >= 0.3 is 0 Å². The maximum absolute atomic E-state index is 13.2. The zero-order chi connectivity index (χ0) is 13.2. The van der Waals surface area contributed by atoms with Crippen molar-refractivity contribution >= 4 is 21.6 Å². The number of rotatable bonds is 2. The molecular weight excluding hydrogens is 309 g/mol. The van der Waals surface area contributed by atoms with Crippen LogP contribution in [0, 0.1) is 5.82 Å². The fourth-order valence-corrected chi connectivity index (χ4v) is 2.67. The predicted octanol–water partition coefficient (Wildman–Crippen LogP) is 4.27. The van der Waals surface area contributed by atoms with E-state index in [4.69, 9.17) is 4.74 Å². The highest BCUT2D eigenvalue weighted by atomic mass is 79.9. The number of fused-ring (bicyclic) bond motifs is 1. The molecule has 1 heterocycles. The molecule has 0 amide bonds. The molecule has 1 atom stereocenters. The third-order valence-corrected chi connectivity index (χ3v) is 3.84.